The standard InChI is InChI=1S/C15H20N2O2/c1-10(18)11-8-12(15(2,3)4)14(19-5)13(9-11)17-7-6-16/h8-9,17H,7H2,1-5H3. The van der Waals surface area contributed by atoms with E-state index in [4.69, 9.17) is 10.00 Å². The number of carbonyl (C=O) groups excluding carboxylic acids is 1. The summed E-state index contributed by atoms with van der Waals surface area (Å²) in [6.45, 7) is 7.87. The SMILES string of the molecule is COc1c(NCC#N)cc(C(C)=O)cc1C(C)(C)C. The second-order valence-electron chi connectivity index (χ2n) is 5.42. The van der Waals surface area contributed by atoms with Gasteiger partial charge in [-0.1, -0.05) is 20.8 Å². The van der Waals surface area contributed by atoms with Crippen molar-refractivity contribution in [3.63, 3.8) is 0 Å². The molecule has 1 aromatic carbocycles. The first-order valence-electron chi connectivity index (χ1n) is 6.15. The van der Waals surface area contributed by atoms with Crippen LogP contribution < -0.4 is 10.1 Å². The van der Waals surface area contributed by atoms with Crippen LogP contribution in [0.2, 0.25) is 0 Å². The van der Waals surface area contributed by atoms with Gasteiger partial charge in [0.15, 0.2) is 5.78 Å². The normalized spacial score (nSPS) is 10.7. The number of hydrogen-bond acceptors (Lipinski definition) is 4. The fraction of sp³-hybridized carbons (Fsp3) is 0.467. The summed E-state index contributed by atoms with van der Waals surface area (Å²) in [6.07, 6.45) is 0. The first-order chi connectivity index (χ1) is 8.81. The molecule has 0 aliphatic heterocycles. The summed E-state index contributed by atoms with van der Waals surface area (Å²) in [7, 11) is 1.59. The molecule has 0 spiro atoms. The van der Waals surface area contributed by atoms with Crippen LogP contribution in [-0.2, 0) is 5.41 Å². The van der Waals surface area contributed by atoms with Gasteiger partial charge in [-0.15, -0.1) is 0 Å². The van der Waals surface area contributed by atoms with E-state index in [-0.39, 0.29) is 17.7 Å². The summed E-state index contributed by atoms with van der Waals surface area (Å²) in [5, 5.41) is 11.7. The van der Waals surface area contributed by atoms with Gasteiger partial charge in [0.05, 0.1) is 18.9 Å². The predicted octanol–water partition coefficient (Wildman–Crippen LogP) is 3.13. The van der Waals surface area contributed by atoms with Gasteiger partial charge < -0.3 is 10.1 Å². The number of methoxy groups -OCH3 is 1. The van der Waals surface area contributed by atoms with Gasteiger partial charge in [-0.3, -0.25) is 4.79 Å². The topological polar surface area (TPSA) is 62.1 Å². The van der Waals surface area contributed by atoms with Gasteiger partial charge in [0.25, 0.3) is 0 Å². The van der Waals surface area contributed by atoms with Gasteiger partial charge in [0, 0.05) is 11.1 Å². The Kier molecular flexibility index (Phi) is 4.55. The van der Waals surface area contributed by atoms with E-state index in [2.05, 4.69) is 26.1 Å². The number of nitriles is 1. The van der Waals surface area contributed by atoms with Gasteiger partial charge in [0.1, 0.15) is 12.3 Å². The number of nitrogens with one attached hydrogen (secondary N) is 1. The van der Waals surface area contributed by atoms with Crippen molar-refractivity contribution in [2.24, 2.45) is 0 Å². The maximum atomic E-state index is 11.6. The molecule has 0 aromatic heterocycles. The Labute approximate surface area is 114 Å². The predicted molar refractivity (Wildman–Crippen MR) is 75.8 cm³/mol. The number of anilines is 1. The molecule has 1 rings (SSSR count). The maximum absolute atomic E-state index is 11.6. The lowest BCUT2D eigenvalue weighted by atomic mass is 9.84. The van der Waals surface area contributed by atoms with E-state index in [1.807, 2.05) is 12.1 Å². The zero-order chi connectivity index (χ0) is 14.6. The van der Waals surface area contributed by atoms with E-state index < -0.39 is 0 Å². The van der Waals surface area contributed by atoms with Crippen molar-refractivity contribution in [3.05, 3.63) is 23.3 Å². The van der Waals surface area contributed by atoms with Crippen molar-refractivity contribution in [2.45, 2.75) is 33.1 Å². The second-order valence-corrected chi connectivity index (χ2v) is 5.42. The second kappa shape index (κ2) is 5.75. The van der Waals surface area contributed by atoms with Crippen LogP contribution in [0.1, 0.15) is 43.6 Å². The van der Waals surface area contributed by atoms with Crippen LogP contribution in [0.15, 0.2) is 12.1 Å². The summed E-state index contributed by atoms with van der Waals surface area (Å²) in [6, 6.07) is 5.61. The quantitative estimate of drug-likeness (QED) is 0.667. The van der Waals surface area contributed by atoms with Crippen LogP contribution in [0, 0.1) is 11.3 Å². The van der Waals surface area contributed by atoms with Gasteiger partial charge in [-0.2, -0.15) is 5.26 Å². The Morgan fingerprint density at radius 3 is 2.47 bits per heavy atom. The molecule has 0 heterocycles. The highest BCUT2D eigenvalue weighted by Gasteiger charge is 2.23. The molecule has 0 bridgehead atoms. The van der Waals surface area contributed by atoms with Crippen LogP contribution in [0.5, 0.6) is 5.75 Å². The van der Waals surface area contributed by atoms with Gasteiger partial charge >= 0.3 is 0 Å². The van der Waals surface area contributed by atoms with Crippen LogP contribution in [-0.4, -0.2) is 19.4 Å². The highest BCUT2D eigenvalue weighted by atomic mass is 16.5. The molecule has 0 amide bonds. The summed E-state index contributed by atoms with van der Waals surface area (Å²) in [4.78, 5) is 11.6. The number of carbonyl (C=O) groups is 1. The lowest BCUT2D eigenvalue weighted by Crippen LogP contribution is -2.16. The van der Waals surface area contributed by atoms with Crippen molar-refractivity contribution in [1.82, 2.24) is 0 Å². The molecular formula is C15H20N2O2. The van der Waals surface area contributed by atoms with Crippen molar-refractivity contribution < 1.29 is 9.53 Å². The fourth-order valence-electron chi connectivity index (χ4n) is 1.88. The Hall–Kier alpha value is -2.02. The minimum atomic E-state index is -0.153. The Balaban J connectivity index is 3.48. The molecule has 0 radical (unpaired) electrons. The van der Waals surface area contributed by atoms with E-state index in [9.17, 15) is 4.79 Å². The smallest absolute Gasteiger partial charge is 0.159 e. The highest BCUT2D eigenvalue weighted by Crippen LogP contribution is 2.38. The van der Waals surface area contributed by atoms with E-state index >= 15 is 0 Å². The minimum absolute atomic E-state index is 0.00633. The molecule has 19 heavy (non-hydrogen) atoms. The number of benzene rings is 1. The summed E-state index contributed by atoms with van der Waals surface area (Å²) >= 11 is 0. The molecule has 102 valence electrons. The lowest BCUT2D eigenvalue weighted by Gasteiger charge is -2.25. The largest absolute Gasteiger partial charge is 0.494 e. The molecule has 0 fully saturated rings. The highest BCUT2D eigenvalue weighted by molar-refractivity contribution is 5.96. The van der Waals surface area contributed by atoms with E-state index in [1.165, 1.54) is 6.92 Å². The van der Waals surface area contributed by atoms with Gasteiger partial charge in [-0.05, 0) is 24.5 Å². The molecule has 1 N–H and O–H groups in total. The van der Waals surface area contributed by atoms with Crippen LogP contribution in [0.3, 0.4) is 0 Å². The molecule has 0 unspecified atom stereocenters. The molecule has 1 aromatic rings. The number of rotatable bonds is 4. The van der Waals surface area contributed by atoms with Crippen LogP contribution in [0.4, 0.5) is 5.69 Å². The number of Topliss-reactive ketones (excluding diaryl/α,β-unsaturated/α-hetero) is 1. The summed E-state index contributed by atoms with van der Waals surface area (Å²) < 4.78 is 5.45. The molecular weight excluding hydrogens is 240 g/mol. The Morgan fingerprint density at radius 2 is 2.05 bits per heavy atom. The third-order valence-corrected chi connectivity index (χ3v) is 2.87. The lowest BCUT2D eigenvalue weighted by molar-refractivity contribution is 0.101. The fourth-order valence-corrected chi connectivity index (χ4v) is 1.88. The number of hydrogen-bond donors (Lipinski definition) is 1. The van der Waals surface area contributed by atoms with Crippen LogP contribution in [0.25, 0.3) is 0 Å². The zero-order valence-corrected chi connectivity index (χ0v) is 12.1. The van der Waals surface area contributed by atoms with E-state index in [1.54, 1.807) is 13.2 Å². The molecule has 4 nitrogen and oxygen atoms in total. The van der Waals surface area contributed by atoms with Gasteiger partial charge in [-0.25, -0.2) is 0 Å². The van der Waals surface area contributed by atoms with Gasteiger partial charge in [0.2, 0.25) is 0 Å². The Morgan fingerprint density at radius 1 is 1.42 bits per heavy atom. The zero-order valence-electron chi connectivity index (χ0n) is 12.1. The third kappa shape index (κ3) is 3.47. The molecule has 0 saturated heterocycles. The Bertz CT molecular complexity index is 522. The first-order valence-corrected chi connectivity index (χ1v) is 6.15. The first kappa shape index (κ1) is 15.0. The average Bonchev–Trinajstić information content (AvgIpc) is 2.33. The van der Waals surface area contributed by atoms with E-state index in [0.717, 1.165) is 5.56 Å². The monoisotopic (exact) mass is 260 g/mol. The minimum Gasteiger partial charge on any atom is -0.494 e. The maximum Gasteiger partial charge on any atom is 0.159 e. The number of nitrogens with zero attached hydrogens (tertiary/aromatic N) is 1. The van der Waals surface area contributed by atoms with Crippen molar-refractivity contribution >= 4 is 11.5 Å². The molecule has 0 aliphatic carbocycles. The summed E-state index contributed by atoms with van der Waals surface area (Å²) in [5.74, 6) is 0.681. The molecule has 4 heteroatoms. The third-order valence-electron chi connectivity index (χ3n) is 2.87. The number of ketones is 1. The van der Waals surface area contributed by atoms with Crippen molar-refractivity contribution in [3.8, 4) is 11.8 Å². The molecule has 0 atom stereocenters. The summed E-state index contributed by atoms with van der Waals surface area (Å²) in [5.41, 5.74) is 2.09. The number of ether oxygens (including phenoxy) is 1. The molecule has 0 saturated carbocycles. The van der Waals surface area contributed by atoms with Crippen LogP contribution >= 0.6 is 0 Å². The van der Waals surface area contributed by atoms with E-state index in [0.29, 0.717) is 17.0 Å². The van der Waals surface area contributed by atoms with Crippen molar-refractivity contribution in [1.29, 1.82) is 5.26 Å². The van der Waals surface area contributed by atoms with Crippen molar-refractivity contribution in [2.75, 3.05) is 19.0 Å². The average molecular weight is 260 g/mol. The molecule has 0 aliphatic rings.